The van der Waals surface area contributed by atoms with Crippen LogP contribution in [0, 0.1) is 0 Å². The number of aromatic nitrogens is 2. The first-order valence-corrected chi connectivity index (χ1v) is 8.49. The van der Waals surface area contributed by atoms with Crippen LogP contribution in [0.2, 0.25) is 0 Å². The number of aromatic hydroxyl groups is 1. The van der Waals surface area contributed by atoms with Crippen molar-refractivity contribution >= 4 is 11.6 Å². The Balaban J connectivity index is 1.73. The lowest BCUT2D eigenvalue weighted by Crippen LogP contribution is -2.16. The Morgan fingerprint density at radius 3 is 2.92 bits per heavy atom. The molecule has 3 N–H and O–H groups in total. The summed E-state index contributed by atoms with van der Waals surface area (Å²) in [6.07, 6.45) is 8.45. The van der Waals surface area contributed by atoms with Crippen LogP contribution in [0.5, 0.6) is 5.88 Å². The first-order chi connectivity index (χ1) is 11.7. The molecule has 1 aromatic heterocycles. The maximum Gasteiger partial charge on any atom is 0.259 e. The van der Waals surface area contributed by atoms with E-state index in [1.807, 2.05) is 12.1 Å². The maximum atomic E-state index is 12.2. The lowest BCUT2D eigenvalue weighted by Gasteiger charge is -2.09. The number of nitrogens with one attached hydrogen (secondary N) is 2. The number of unbranched alkanes of at least 4 members (excludes halogenated alkanes) is 2. The number of nitrogens with zero attached hydrogens (tertiary/aromatic N) is 1. The van der Waals surface area contributed by atoms with Crippen molar-refractivity contribution in [1.82, 2.24) is 9.97 Å². The molecule has 126 valence electrons. The number of hydrogen-bond acceptors (Lipinski definition) is 4. The van der Waals surface area contributed by atoms with Gasteiger partial charge in [-0.2, -0.15) is 4.98 Å². The van der Waals surface area contributed by atoms with E-state index in [2.05, 4.69) is 34.0 Å². The van der Waals surface area contributed by atoms with Crippen LogP contribution in [0.3, 0.4) is 0 Å². The third kappa shape index (κ3) is 3.67. The summed E-state index contributed by atoms with van der Waals surface area (Å²) in [7, 11) is 0. The topological polar surface area (TPSA) is 78.0 Å². The second kappa shape index (κ2) is 7.34. The molecular formula is C19H23N3O2. The highest BCUT2D eigenvalue weighted by Gasteiger charge is 2.13. The molecule has 0 saturated heterocycles. The SMILES string of the molecule is C=CCCCCc1c(O)nc(Nc2ccc3c(c2)CCC3)[nH]c1=O. The molecule has 5 nitrogen and oxygen atoms in total. The van der Waals surface area contributed by atoms with Gasteiger partial charge in [0.15, 0.2) is 0 Å². The second-order valence-corrected chi connectivity index (χ2v) is 6.21. The molecule has 0 aliphatic heterocycles. The highest BCUT2D eigenvalue weighted by atomic mass is 16.3. The number of anilines is 2. The van der Waals surface area contributed by atoms with E-state index in [1.165, 1.54) is 17.5 Å². The van der Waals surface area contributed by atoms with E-state index in [1.54, 1.807) is 0 Å². The molecule has 0 bridgehead atoms. The average Bonchev–Trinajstić information content (AvgIpc) is 3.01. The zero-order chi connectivity index (χ0) is 16.9. The van der Waals surface area contributed by atoms with E-state index >= 15 is 0 Å². The highest BCUT2D eigenvalue weighted by molar-refractivity contribution is 5.57. The van der Waals surface area contributed by atoms with Gasteiger partial charge in [0.1, 0.15) is 0 Å². The molecule has 0 unspecified atom stereocenters. The molecule has 0 saturated carbocycles. The zero-order valence-corrected chi connectivity index (χ0v) is 13.8. The van der Waals surface area contributed by atoms with Gasteiger partial charge in [-0.15, -0.1) is 6.58 Å². The van der Waals surface area contributed by atoms with Gasteiger partial charge in [0, 0.05) is 5.69 Å². The van der Waals surface area contributed by atoms with Gasteiger partial charge >= 0.3 is 0 Å². The van der Waals surface area contributed by atoms with Crippen LogP contribution >= 0.6 is 0 Å². The normalized spacial score (nSPS) is 12.8. The summed E-state index contributed by atoms with van der Waals surface area (Å²) >= 11 is 0. The van der Waals surface area contributed by atoms with Gasteiger partial charge in [0.05, 0.1) is 5.56 Å². The van der Waals surface area contributed by atoms with Crippen LogP contribution in [-0.2, 0) is 19.3 Å². The van der Waals surface area contributed by atoms with Crippen molar-refractivity contribution in [3.63, 3.8) is 0 Å². The first-order valence-electron chi connectivity index (χ1n) is 8.49. The van der Waals surface area contributed by atoms with Crippen LogP contribution in [-0.4, -0.2) is 15.1 Å². The number of benzene rings is 1. The van der Waals surface area contributed by atoms with E-state index in [0.717, 1.165) is 37.8 Å². The van der Waals surface area contributed by atoms with Crippen molar-refractivity contribution in [1.29, 1.82) is 0 Å². The third-order valence-corrected chi connectivity index (χ3v) is 4.44. The van der Waals surface area contributed by atoms with E-state index in [0.29, 0.717) is 12.0 Å². The van der Waals surface area contributed by atoms with Crippen LogP contribution in [0.15, 0.2) is 35.6 Å². The quantitative estimate of drug-likeness (QED) is 0.537. The molecule has 1 heterocycles. The van der Waals surface area contributed by atoms with Crippen molar-refractivity contribution in [2.75, 3.05) is 5.32 Å². The summed E-state index contributed by atoms with van der Waals surface area (Å²) in [6.45, 7) is 3.68. The lowest BCUT2D eigenvalue weighted by molar-refractivity contribution is 0.442. The van der Waals surface area contributed by atoms with Crippen molar-refractivity contribution in [3.05, 3.63) is 57.9 Å². The van der Waals surface area contributed by atoms with Gasteiger partial charge in [0.2, 0.25) is 11.8 Å². The Kier molecular flexibility index (Phi) is 4.99. The number of rotatable bonds is 7. The molecule has 2 aromatic rings. The predicted octanol–water partition coefficient (Wildman–Crippen LogP) is 3.61. The van der Waals surface area contributed by atoms with Gasteiger partial charge in [-0.3, -0.25) is 9.78 Å². The fourth-order valence-electron chi connectivity index (χ4n) is 3.15. The number of fused-ring (bicyclic) bond motifs is 1. The highest BCUT2D eigenvalue weighted by Crippen LogP contribution is 2.26. The fourth-order valence-corrected chi connectivity index (χ4v) is 3.15. The van der Waals surface area contributed by atoms with E-state index in [4.69, 9.17) is 0 Å². The van der Waals surface area contributed by atoms with E-state index in [-0.39, 0.29) is 17.4 Å². The Morgan fingerprint density at radius 2 is 2.12 bits per heavy atom. The van der Waals surface area contributed by atoms with E-state index < -0.39 is 0 Å². The first kappa shape index (κ1) is 16.3. The zero-order valence-electron chi connectivity index (χ0n) is 13.8. The van der Waals surface area contributed by atoms with Crippen LogP contribution in [0.4, 0.5) is 11.6 Å². The van der Waals surface area contributed by atoms with E-state index in [9.17, 15) is 9.90 Å². The molecule has 0 atom stereocenters. The van der Waals surface area contributed by atoms with Gasteiger partial charge in [0.25, 0.3) is 5.56 Å². The molecule has 5 heteroatoms. The molecule has 1 aliphatic rings. The van der Waals surface area contributed by atoms with Gasteiger partial charge in [-0.05, 0) is 68.2 Å². The molecule has 3 rings (SSSR count). The summed E-state index contributed by atoms with van der Waals surface area (Å²) in [5.41, 5.74) is 3.66. The maximum absolute atomic E-state index is 12.2. The number of allylic oxidation sites excluding steroid dienone is 1. The second-order valence-electron chi connectivity index (χ2n) is 6.21. The summed E-state index contributed by atoms with van der Waals surface area (Å²) in [5, 5.41) is 13.1. The predicted molar refractivity (Wildman–Crippen MR) is 96.0 cm³/mol. The minimum atomic E-state index is -0.287. The average molecular weight is 325 g/mol. The van der Waals surface area contributed by atoms with Gasteiger partial charge in [-0.25, -0.2) is 0 Å². The molecule has 0 amide bonds. The monoisotopic (exact) mass is 325 g/mol. The number of aromatic amines is 1. The smallest absolute Gasteiger partial charge is 0.259 e. The van der Waals surface area contributed by atoms with Crippen molar-refractivity contribution in [3.8, 4) is 5.88 Å². The Labute approximate surface area is 141 Å². The number of aryl methyl sites for hydroxylation is 2. The molecule has 1 aromatic carbocycles. The number of hydrogen-bond donors (Lipinski definition) is 3. The number of H-pyrrole nitrogens is 1. The molecule has 0 radical (unpaired) electrons. The van der Waals surface area contributed by atoms with Crippen LogP contribution in [0.25, 0.3) is 0 Å². The van der Waals surface area contributed by atoms with Crippen LogP contribution in [0.1, 0.15) is 42.4 Å². The standard InChI is InChI=1S/C19H23N3O2/c1-2-3-4-5-9-16-17(23)21-19(22-18(16)24)20-15-11-10-13-7-6-8-14(13)12-15/h2,10-12H,1,3-9H2,(H3,20,21,22,23,24). The minimum Gasteiger partial charge on any atom is -0.493 e. The summed E-state index contributed by atoms with van der Waals surface area (Å²) in [4.78, 5) is 19.0. The molecule has 24 heavy (non-hydrogen) atoms. The molecule has 1 aliphatic carbocycles. The molecule has 0 fully saturated rings. The lowest BCUT2D eigenvalue weighted by atomic mass is 10.1. The Hall–Kier alpha value is -2.56. The molecule has 0 spiro atoms. The largest absolute Gasteiger partial charge is 0.493 e. The summed E-state index contributed by atoms with van der Waals surface area (Å²) in [6, 6.07) is 6.17. The summed E-state index contributed by atoms with van der Waals surface area (Å²) in [5.74, 6) is 0.0753. The minimum absolute atomic E-state index is 0.194. The van der Waals surface area contributed by atoms with Gasteiger partial charge in [-0.1, -0.05) is 12.1 Å². The Bertz CT molecular complexity index is 796. The van der Waals surface area contributed by atoms with Crippen molar-refractivity contribution < 1.29 is 5.11 Å². The summed E-state index contributed by atoms with van der Waals surface area (Å²) < 4.78 is 0. The Morgan fingerprint density at radius 1 is 1.29 bits per heavy atom. The fraction of sp³-hybridized carbons (Fsp3) is 0.368. The van der Waals surface area contributed by atoms with Crippen LogP contribution < -0.4 is 10.9 Å². The third-order valence-electron chi connectivity index (χ3n) is 4.44. The van der Waals surface area contributed by atoms with Crippen molar-refractivity contribution in [2.45, 2.75) is 44.9 Å². The van der Waals surface area contributed by atoms with Crippen molar-refractivity contribution in [2.24, 2.45) is 0 Å². The van der Waals surface area contributed by atoms with Gasteiger partial charge < -0.3 is 10.4 Å². The molecular weight excluding hydrogens is 302 g/mol.